The molecular weight excluding hydrogens is 394 g/mol. The monoisotopic (exact) mass is 419 g/mol. The Kier molecular flexibility index (Phi) is 6.65. The van der Waals surface area contributed by atoms with Gasteiger partial charge in [-0.15, -0.1) is 0 Å². The number of hydrogen-bond donors (Lipinski definition) is 0. The lowest BCUT2D eigenvalue weighted by atomic mass is 10.1. The fraction of sp³-hybridized carbons (Fsp3) is 0.348. The van der Waals surface area contributed by atoms with Gasteiger partial charge in [0, 0.05) is 23.7 Å². The van der Waals surface area contributed by atoms with Crippen LogP contribution in [-0.4, -0.2) is 39.3 Å². The second-order valence-corrected chi connectivity index (χ2v) is 7.50. The predicted molar refractivity (Wildman–Crippen MR) is 117 cm³/mol. The number of carbonyl (C=O) groups is 2. The number of nitrogens with zero attached hydrogens (tertiary/aromatic N) is 5. The lowest BCUT2D eigenvalue weighted by molar-refractivity contribution is -0.126. The number of hydrogen-bond acceptors (Lipinski definition) is 6. The number of fused-ring (bicyclic) bond motifs is 1. The highest BCUT2D eigenvalue weighted by Gasteiger charge is 2.26. The number of esters is 1. The number of aryl methyl sites for hydroxylation is 1. The number of anilines is 1. The normalized spacial score (nSPS) is 11.9. The Morgan fingerprint density at radius 2 is 1.94 bits per heavy atom. The molecule has 0 aliphatic carbocycles. The first-order valence-corrected chi connectivity index (χ1v) is 10.1. The summed E-state index contributed by atoms with van der Waals surface area (Å²) in [6.07, 6.45) is 0.799. The lowest BCUT2D eigenvalue weighted by Crippen LogP contribution is -2.40. The van der Waals surface area contributed by atoms with Gasteiger partial charge in [-0.25, -0.2) is 14.5 Å². The third-order valence-electron chi connectivity index (χ3n) is 4.88. The van der Waals surface area contributed by atoms with E-state index in [1.54, 1.807) is 48.1 Å². The summed E-state index contributed by atoms with van der Waals surface area (Å²) in [7, 11) is 0. The SMILES string of the molecule is Cc1nc2c(cnn2C(C)C)cc1C(=O)OC(C)C(=O)N(CCC#N)c1ccccc1. The largest absolute Gasteiger partial charge is 0.449 e. The number of carbonyl (C=O) groups excluding carboxylic acids is 2. The van der Waals surface area contributed by atoms with Crippen LogP contribution in [-0.2, 0) is 9.53 Å². The molecule has 1 atom stereocenters. The standard InChI is InChI=1S/C23H25N5O3/c1-15(2)28-21-18(14-25-28)13-20(16(3)26-21)23(30)31-17(4)22(29)27(12-8-11-24)19-9-6-5-7-10-19/h5-7,9-10,13-15,17H,8,12H2,1-4H3. The Labute approximate surface area is 181 Å². The zero-order valence-electron chi connectivity index (χ0n) is 18.1. The minimum atomic E-state index is -1.03. The predicted octanol–water partition coefficient (Wildman–Crippen LogP) is 3.81. The number of para-hydroxylation sites is 1. The van der Waals surface area contributed by atoms with Crippen molar-refractivity contribution in [3.8, 4) is 6.07 Å². The van der Waals surface area contributed by atoms with Crippen LogP contribution in [0.5, 0.6) is 0 Å². The molecule has 160 valence electrons. The Morgan fingerprint density at radius 1 is 1.23 bits per heavy atom. The Bertz CT molecular complexity index is 1130. The van der Waals surface area contributed by atoms with Gasteiger partial charge in [0.15, 0.2) is 11.8 Å². The van der Waals surface area contributed by atoms with Crippen LogP contribution in [0.3, 0.4) is 0 Å². The van der Waals surface area contributed by atoms with Crippen molar-refractivity contribution in [2.24, 2.45) is 0 Å². The van der Waals surface area contributed by atoms with Gasteiger partial charge in [-0.3, -0.25) is 4.79 Å². The van der Waals surface area contributed by atoms with Crippen LogP contribution < -0.4 is 4.90 Å². The summed E-state index contributed by atoms with van der Waals surface area (Å²) >= 11 is 0. The van der Waals surface area contributed by atoms with E-state index in [4.69, 9.17) is 10.00 Å². The molecule has 8 heteroatoms. The summed E-state index contributed by atoms with van der Waals surface area (Å²) in [6, 6.07) is 12.9. The van der Waals surface area contributed by atoms with E-state index in [1.807, 2.05) is 26.0 Å². The zero-order valence-corrected chi connectivity index (χ0v) is 18.1. The van der Waals surface area contributed by atoms with Crippen molar-refractivity contribution in [2.45, 2.75) is 46.3 Å². The number of amides is 1. The molecule has 1 aromatic carbocycles. The molecule has 8 nitrogen and oxygen atoms in total. The Balaban J connectivity index is 1.81. The van der Waals surface area contributed by atoms with Crippen LogP contribution in [0.1, 0.15) is 49.3 Å². The lowest BCUT2D eigenvalue weighted by Gasteiger charge is -2.25. The van der Waals surface area contributed by atoms with Crippen molar-refractivity contribution in [1.29, 1.82) is 5.26 Å². The van der Waals surface area contributed by atoms with Gasteiger partial charge in [0.2, 0.25) is 0 Å². The zero-order chi connectivity index (χ0) is 22.5. The van der Waals surface area contributed by atoms with E-state index in [9.17, 15) is 9.59 Å². The highest BCUT2D eigenvalue weighted by atomic mass is 16.5. The molecule has 0 N–H and O–H groups in total. The van der Waals surface area contributed by atoms with Crippen LogP contribution in [0.4, 0.5) is 5.69 Å². The molecular formula is C23H25N5O3. The third kappa shape index (κ3) is 4.72. The van der Waals surface area contributed by atoms with Gasteiger partial charge in [-0.1, -0.05) is 18.2 Å². The van der Waals surface area contributed by atoms with Crippen molar-refractivity contribution >= 4 is 28.6 Å². The van der Waals surface area contributed by atoms with E-state index in [1.165, 1.54) is 11.8 Å². The average molecular weight is 419 g/mol. The van der Waals surface area contributed by atoms with Crippen molar-refractivity contribution in [3.05, 3.63) is 53.9 Å². The fourth-order valence-electron chi connectivity index (χ4n) is 3.28. The number of rotatable bonds is 7. The maximum absolute atomic E-state index is 13.0. The number of ether oxygens (including phenoxy) is 1. The quantitative estimate of drug-likeness (QED) is 0.540. The van der Waals surface area contributed by atoms with Gasteiger partial charge in [0.05, 0.1) is 29.9 Å². The van der Waals surface area contributed by atoms with E-state index in [0.29, 0.717) is 22.6 Å². The van der Waals surface area contributed by atoms with Gasteiger partial charge in [0.1, 0.15) is 0 Å². The fourth-order valence-corrected chi connectivity index (χ4v) is 3.28. The molecule has 31 heavy (non-hydrogen) atoms. The Hall–Kier alpha value is -3.73. The molecule has 1 unspecified atom stereocenters. The number of benzene rings is 1. The average Bonchev–Trinajstić information content (AvgIpc) is 3.16. The van der Waals surface area contributed by atoms with Crippen LogP contribution >= 0.6 is 0 Å². The summed E-state index contributed by atoms with van der Waals surface area (Å²) in [5.74, 6) is -1.02. The highest BCUT2D eigenvalue weighted by Crippen LogP contribution is 2.21. The van der Waals surface area contributed by atoms with Gasteiger partial charge in [0.25, 0.3) is 5.91 Å². The summed E-state index contributed by atoms with van der Waals surface area (Å²) in [5, 5.41) is 14.0. The summed E-state index contributed by atoms with van der Waals surface area (Å²) in [5.41, 5.74) is 2.13. The molecule has 1 amide bonds. The molecule has 0 saturated carbocycles. The van der Waals surface area contributed by atoms with E-state index in [0.717, 1.165) is 5.39 Å². The second kappa shape index (κ2) is 9.39. The van der Waals surface area contributed by atoms with E-state index in [-0.39, 0.29) is 19.0 Å². The van der Waals surface area contributed by atoms with Gasteiger partial charge >= 0.3 is 5.97 Å². The molecule has 0 radical (unpaired) electrons. The number of pyridine rings is 1. The van der Waals surface area contributed by atoms with Crippen molar-refractivity contribution in [1.82, 2.24) is 14.8 Å². The molecule has 0 aliphatic rings. The van der Waals surface area contributed by atoms with Crippen LogP contribution in [0.2, 0.25) is 0 Å². The topological polar surface area (TPSA) is 101 Å². The van der Waals surface area contributed by atoms with Crippen molar-refractivity contribution in [2.75, 3.05) is 11.4 Å². The van der Waals surface area contributed by atoms with Crippen LogP contribution in [0.15, 0.2) is 42.6 Å². The molecule has 3 aromatic rings. The smallest absolute Gasteiger partial charge is 0.340 e. The molecule has 0 spiro atoms. The number of nitriles is 1. The van der Waals surface area contributed by atoms with Crippen LogP contribution in [0.25, 0.3) is 11.0 Å². The van der Waals surface area contributed by atoms with Crippen molar-refractivity contribution in [3.63, 3.8) is 0 Å². The molecule has 2 aromatic heterocycles. The van der Waals surface area contributed by atoms with E-state index < -0.39 is 18.0 Å². The van der Waals surface area contributed by atoms with Crippen molar-refractivity contribution < 1.29 is 14.3 Å². The number of aromatic nitrogens is 3. The molecule has 0 aliphatic heterocycles. The van der Waals surface area contributed by atoms with E-state index in [2.05, 4.69) is 10.1 Å². The molecule has 2 heterocycles. The highest BCUT2D eigenvalue weighted by molar-refractivity contribution is 6.00. The van der Waals surface area contributed by atoms with Gasteiger partial charge in [-0.05, 0) is 45.9 Å². The Morgan fingerprint density at radius 3 is 2.58 bits per heavy atom. The van der Waals surface area contributed by atoms with Gasteiger partial charge < -0.3 is 9.64 Å². The first-order valence-electron chi connectivity index (χ1n) is 10.1. The molecule has 0 bridgehead atoms. The summed E-state index contributed by atoms with van der Waals surface area (Å²) in [6.45, 7) is 7.47. The summed E-state index contributed by atoms with van der Waals surface area (Å²) < 4.78 is 7.27. The third-order valence-corrected chi connectivity index (χ3v) is 4.88. The van der Waals surface area contributed by atoms with Crippen LogP contribution in [0, 0.1) is 18.3 Å². The summed E-state index contributed by atoms with van der Waals surface area (Å²) in [4.78, 5) is 31.8. The first-order chi connectivity index (χ1) is 14.8. The van der Waals surface area contributed by atoms with Gasteiger partial charge in [-0.2, -0.15) is 10.4 Å². The maximum Gasteiger partial charge on any atom is 0.340 e. The molecule has 3 rings (SSSR count). The maximum atomic E-state index is 13.0. The minimum absolute atomic E-state index is 0.136. The molecule has 0 fully saturated rings. The first kappa shape index (κ1) is 22.0. The second-order valence-electron chi connectivity index (χ2n) is 7.50. The molecule has 0 saturated heterocycles. The minimum Gasteiger partial charge on any atom is -0.449 e. The van der Waals surface area contributed by atoms with E-state index >= 15 is 0 Å².